The molecule has 0 radical (unpaired) electrons. The van der Waals surface area contributed by atoms with Crippen LogP contribution in [0.2, 0.25) is 0 Å². The fourth-order valence-electron chi connectivity index (χ4n) is 3.09. The average molecular weight is 361 g/mol. The Morgan fingerprint density at radius 3 is 2.62 bits per heavy atom. The maximum atomic E-state index is 12.8. The van der Waals surface area contributed by atoms with E-state index in [1.54, 1.807) is 18.7 Å². The maximum Gasteiger partial charge on any atom is 0.270 e. The molecule has 0 spiro atoms. The summed E-state index contributed by atoms with van der Waals surface area (Å²) in [6.07, 6.45) is 0.271. The summed E-state index contributed by atoms with van der Waals surface area (Å²) in [5, 5.41) is 2.94. The zero-order valence-corrected chi connectivity index (χ0v) is 16.6. The van der Waals surface area contributed by atoms with Crippen molar-refractivity contribution in [1.29, 1.82) is 0 Å². The van der Waals surface area contributed by atoms with Gasteiger partial charge in [0, 0.05) is 26.1 Å². The van der Waals surface area contributed by atoms with Gasteiger partial charge < -0.3 is 19.9 Å². The highest BCUT2D eigenvalue weighted by Gasteiger charge is 2.40. The van der Waals surface area contributed by atoms with E-state index in [4.69, 9.17) is 4.74 Å². The van der Waals surface area contributed by atoms with Gasteiger partial charge in [-0.15, -0.1) is 0 Å². The Morgan fingerprint density at radius 2 is 1.96 bits per heavy atom. The summed E-state index contributed by atoms with van der Waals surface area (Å²) in [6.45, 7) is 13.5. The molecule has 144 valence electrons. The van der Waals surface area contributed by atoms with E-state index >= 15 is 0 Å². The molecule has 0 saturated carbocycles. The Balaban J connectivity index is 1.98. The largest absolute Gasteiger partial charge is 0.476 e. The first-order valence-electron chi connectivity index (χ1n) is 9.39. The lowest BCUT2D eigenvalue weighted by Crippen LogP contribution is -2.53. The number of aryl methyl sites for hydroxylation is 1. The first kappa shape index (κ1) is 20.2. The number of carbonyl (C=O) groups is 2. The van der Waals surface area contributed by atoms with Crippen LogP contribution >= 0.6 is 0 Å². The van der Waals surface area contributed by atoms with Crippen LogP contribution in [0.3, 0.4) is 0 Å². The minimum Gasteiger partial charge on any atom is -0.476 e. The molecule has 1 aromatic carbocycles. The van der Waals surface area contributed by atoms with Gasteiger partial charge in [0.2, 0.25) is 5.91 Å². The average Bonchev–Trinajstić information content (AvgIpc) is 2.59. The van der Waals surface area contributed by atoms with E-state index < -0.39 is 5.60 Å². The Labute approximate surface area is 156 Å². The van der Waals surface area contributed by atoms with Crippen molar-refractivity contribution in [2.45, 2.75) is 46.6 Å². The van der Waals surface area contributed by atoms with Crippen molar-refractivity contribution in [3.63, 3.8) is 0 Å². The van der Waals surface area contributed by atoms with Crippen molar-refractivity contribution in [1.82, 2.24) is 10.2 Å². The van der Waals surface area contributed by atoms with Gasteiger partial charge in [0.25, 0.3) is 5.91 Å². The molecule has 0 fully saturated rings. The molecule has 0 aliphatic carbocycles. The number of hydrogen-bond acceptors (Lipinski definition) is 4. The van der Waals surface area contributed by atoms with Gasteiger partial charge in [0.15, 0.2) is 5.60 Å². The van der Waals surface area contributed by atoms with Gasteiger partial charge in [0.05, 0.1) is 5.69 Å². The van der Waals surface area contributed by atoms with Crippen LogP contribution in [0, 0.1) is 6.92 Å². The number of ether oxygens (including phenoxy) is 1. The predicted octanol–water partition coefficient (Wildman–Crippen LogP) is 2.35. The van der Waals surface area contributed by atoms with E-state index in [2.05, 4.69) is 24.1 Å². The summed E-state index contributed by atoms with van der Waals surface area (Å²) < 4.78 is 5.84. The summed E-state index contributed by atoms with van der Waals surface area (Å²) in [5.41, 5.74) is 0.861. The maximum absolute atomic E-state index is 12.8. The SMILES string of the molecule is CCN(CC)CCNC(=O)CCN1C(=O)C(C)(C)Oc2ccc(C)cc21. The molecule has 0 aromatic heterocycles. The molecule has 6 heteroatoms. The second kappa shape index (κ2) is 8.54. The lowest BCUT2D eigenvalue weighted by Gasteiger charge is -2.39. The second-order valence-corrected chi connectivity index (χ2v) is 7.17. The van der Waals surface area contributed by atoms with Crippen molar-refractivity contribution >= 4 is 17.5 Å². The van der Waals surface area contributed by atoms with E-state index in [-0.39, 0.29) is 18.2 Å². The lowest BCUT2D eigenvalue weighted by atomic mass is 10.0. The summed E-state index contributed by atoms with van der Waals surface area (Å²) in [4.78, 5) is 28.9. The van der Waals surface area contributed by atoms with Crippen molar-refractivity contribution in [3.8, 4) is 5.75 Å². The molecule has 0 bridgehead atoms. The number of nitrogens with zero attached hydrogens (tertiary/aromatic N) is 2. The van der Waals surface area contributed by atoms with Crippen LogP contribution in [-0.4, -0.2) is 55.0 Å². The Kier molecular flexibility index (Phi) is 6.64. The van der Waals surface area contributed by atoms with Crippen molar-refractivity contribution in [3.05, 3.63) is 23.8 Å². The van der Waals surface area contributed by atoms with Crippen LogP contribution in [0.5, 0.6) is 5.75 Å². The molecule has 0 atom stereocenters. The molecule has 2 amide bonds. The zero-order valence-electron chi connectivity index (χ0n) is 16.6. The number of anilines is 1. The lowest BCUT2D eigenvalue weighted by molar-refractivity contribution is -0.132. The number of rotatable bonds is 8. The van der Waals surface area contributed by atoms with Gasteiger partial charge in [-0.05, 0) is 51.6 Å². The first-order chi connectivity index (χ1) is 12.3. The van der Waals surface area contributed by atoms with E-state index in [0.29, 0.717) is 18.8 Å². The van der Waals surface area contributed by atoms with Crippen LogP contribution in [-0.2, 0) is 9.59 Å². The van der Waals surface area contributed by atoms with E-state index in [0.717, 1.165) is 30.9 Å². The predicted molar refractivity (Wildman–Crippen MR) is 104 cm³/mol. The van der Waals surface area contributed by atoms with Gasteiger partial charge in [-0.3, -0.25) is 9.59 Å². The van der Waals surface area contributed by atoms with Crippen molar-refractivity contribution in [2.24, 2.45) is 0 Å². The third-order valence-corrected chi connectivity index (χ3v) is 4.74. The summed E-state index contributed by atoms with van der Waals surface area (Å²) in [7, 11) is 0. The van der Waals surface area contributed by atoms with Crippen LogP contribution in [0.1, 0.15) is 39.7 Å². The Bertz CT molecular complexity index is 654. The molecule has 1 N–H and O–H groups in total. The van der Waals surface area contributed by atoms with Crippen molar-refractivity contribution < 1.29 is 14.3 Å². The van der Waals surface area contributed by atoms with Gasteiger partial charge in [-0.25, -0.2) is 0 Å². The van der Waals surface area contributed by atoms with E-state index in [9.17, 15) is 9.59 Å². The molecular weight excluding hydrogens is 330 g/mol. The number of fused-ring (bicyclic) bond motifs is 1. The van der Waals surface area contributed by atoms with Gasteiger partial charge in [-0.2, -0.15) is 0 Å². The molecule has 1 aliphatic rings. The fraction of sp³-hybridized carbons (Fsp3) is 0.600. The van der Waals surface area contributed by atoms with Crippen LogP contribution in [0.15, 0.2) is 18.2 Å². The normalized spacial score (nSPS) is 15.6. The quantitative estimate of drug-likeness (QED) is 0.772. The van der Waals surface area contributed by atoms with Gasteiger partial charge in [0.1, 0.15) is 5.75 Å². The summed E-state index contributed by atoms with van der Waals surface area (Å²) in [5.74, 6) is 0.525. The summed E-state index contributed by atoms with van der Waals surface area (Å²) >= 11 is 0. The van der Waals surface area contributed by atoms with E-state index in [1.165, 1.54) is 0 Å². The van der Waals surface area contributed by atoms with E-state index in [1.807, 2.05) is 25.1 Å². The molecule has 0 saturated heterocycles. The Morgan fingerprint density at radius 1 is 1.27 bits per heavy atom. The van der Waals surface area contributed by atoms with Crippen LogP contribution < -0.4 is 15.0 Å². The molecule has 1 heterocycles. The number of carbonyl (C=O) groups excluding carboxylic acids is 2. The van der Waals surface area contributed by atoms with Crippen LogP contribution in [0.25, 0.3) is 0 Å². The number of hydrogen-bond donors (Lipinski definition) is 1. The molecule has 1 aliphatic heterocycles. The van der Waals surface area contributed by atoms with Crippen LogP contribution in [0.4, 0.5) is 5.69 Å². The molecule has 26 heavy (non-hydrogen) atoms. The fourth-order valence-corrected chi connectivity index (χ4v) is 3.09. The third-order valence-electron chi connectivity index (χ3n) is 4.74. The van der Waals surface area contributed by atoms with Crippen molar-refractivity contribution in [2.75, 3.05) is 37.6 Å². The topological polar surface area (TPSA) is 61.9 Å². The minimum absolute atomic E-state index is 0.0385. The summed E-state index contributed by atoms with van der Waals surface area (Å²) in [6, 6.07) is 5.78. The minimum atomic E-state index is -0.929. The molecule has 6 nitrogen and oxygen atoms in total. The highest BCUT2D eigenvalue weighted by atomic mass is 16.5. The number of nitrogens with one attached hydrogen (secondary N) is 1. The monoisotopic (exact) mass is 361 g/mol. The Hall–Kier alpha value is -2.08. The van der Waals surface area contributed by atoms with Gasteiger partial charge >= 0.3 is 0 Å². The third kappa shape index (κ3) is 4.75. The highest BCUT2D eigenvalue weighted by molar-refractivity contribution is 6.02. The second-order valence-electron chi connectivity index (χ2n) is 7.17. The zero-order chi connectivity index (χ0) is 19.3. The molecule has 2 rings (SSSR count). The smallest absolute Gasteiger partial charge is 0.270 e. The first-order valence-corrected chi connectivity index (χ1v) is 9.39. The molecule has 0 unspecified atom stereocenters. The number of amides is 2. The standard InChI is InChI=1S/C20H31N3O3/c1-6-22(7-2)13-11-21-18(24)10-12-23-16-14-15(3)8-9-17(16)26-20(4,5)19(23)25/h8-9,14H,6-7,10-13H2,1-5H3,(H,21,24). The highest BCUT2D eigenvalue weighted by Crippen LogP contribution is 2.38. The number of benzene rings is 1. The number of likely N-dealkylation sites (N-methyl/N-ethyl adjacent to an activating group) is 1. The molecular formula is C20H31N3O3. The molecule has 1 aromatic rings. The van der Waals surface area contributed by atoms with Gasteiger partial charge in [-0.1, -0.05) is 19.9 Å².